The minimum absolute atomic E-state index is 0.527. The van der Waals surface area contributed by atoms with Gasteiger partial charge in [0.25, 0.3) is 0 Å². The molecule has 0 unspecified atom stereocenters. The molecule has 1 N–H and O–H groups in total. The van der Waals surface area contributed by atoms with E-state index in [4.69, 9.17) is 4.74 Å². The highest BCUT2D eigenvalue weighted by Gasteiger charge is 2.12. The van der Waals surface area contributed by atoms with E-state index in [1.54, 1.807) is 18.9 Å². The summed E-state index contributed by atoms with van der Waals surface area (Å²) < 4.78 is 7.26. The number of hydrogen-bond donors (Lipinski definition) is 1. The summed E-state index contributed by atoms with van der Waals surface area (Å²) in [7, 11) is 0. The molecule has 3 heterocycles. The van der Waals surface area contributed by atoms with Crippen LogP contribution in [0.5, 0.6) is 0 Å². The summed E-state index contributed by atoms with van der Waals surface area (Å²) in [6.07, 6.45) is 6.85. The maximum absolute atomic E-state index is 5.45. The summed E-state index contributed by atoms with van der Waals surface area (Å²) in [5, 5.41) is 0. The van der Waals surface area contributed by atoms with Gasteiger partial charge in [0.05, 0.1) is 24.0 Å². The number of nitrogens with one attached hydrogen (secondary N) is 1. The molecule has 0 atom stereocenters. The standard InChI is InChI=1S/C13H13N5O/c1-3-19-9(2)12-13-10(15-7-16-13)6-11(17-12)18-5-4-14-8-18/h4-8H,2-3H2,1H3,(H,15,16). The van der Waals surface area contributed by atoms with Gasteiger partial charge in [0.2, 0.25) is 0 Å². The van der Waals surface area contributed by atoms with Gasteiger partial charge in [0, 0.05) is 18.5 Å². The lowest BCUT2D eigenvalue weighted by molar-refractivity contribution is 0.298. The minimum atomic E-state index is 0.527. The largest absolute Gasteiger partial charge is 0.492 e. The van der Waals surface area contributed by atoms with Gasteiger partial charge in [0.15, 0.2) is 0 Å². The van der Waals surface area contributed by atoms with Crippen molar-refractivity contribution in [2.24, 2.45) is 0 Å². The van der Waals surface area contributed by atoms with E-state index >= 15 is 0 Å². The number of imidazole rings is 2. The van der Waals surface area contributed by atoms with Crippen LogP contribution in [0.1, 0.15) is 12.6 Å². The van der Waals surface area contributed by atoms with E-state index in [1.807, 2.05) is 23.8 Å². The zero-order valence-corrected chi connectivity index (χ0v) is 10.5. The molecule has 0 spiro atoms. The molecule has 3 rings (SSSR count). The van der Waals surface area contributed by atoms with E-state index in [0.717, 1.165) is 16.9 Å². The third kappa shape index (κ3) is 1.97. The van der Waals surface area contributed by atoms with Crippen LogP contribution in [-0.4, -0.2) is 31.1 Å². The monoisotopic (exact) mass is 255 g/mol. The second kappa shape index (κ2) is 4.56. The van der Waals surface area contributed by atoms with Crippen molar-refractivity contribution in [1.82, 2.24) is 24.5 Å². The van der Waals surface area contributed by atoms with Crippen molar-refractivity contribution in [1.29, 1.82) is 0 Å². The first-order valence-corrected chi connectivity index (χ1v) is 5.94. The highest BCUT2D eigenvalue weighted by Crippen LogP contribution is 2.22. The van der Waals surface area contributed by atoms with Gasteiger partial charge in [0.1, 0.15) is 23.6 Å². The molecule has 6 heteroatoms. The van der Waals surface area contributed by atoms with Crippen LogP contribution in [0.4, 0.5) is 0 Å². The molecule has 96 valence electrons. The van der Waals surface area contributed by atoms with E-state index in [2.05, 4.69) is 26.5 Å². The lowest BCUT2D eigenvalue weighted by Gasteiger charge is -2.09. The lowest BCUT2D eigenvalue weighted by atomic mass is 10.2. The van der Waals surface area contributed by atoms with Gasteiger partial charge in [-0.15, -0.1) is 0 Å². The van der Waals surface area contributed by atoms with Crippen LogP contribution in [0.15, 0.2) is 37.7 Å². The Kier molecular flexibility index (Phi) is 2.75. The lowest BCUT2D eigenvalue weighted by Crippen LogP contribution is -2.01. The number of fused-ring (bicyclic) bond motifs is 1. The molecule has 0 aliphatic carbocycles. The summed E-state index contributed by atoms with van der Waals surface area (Å²) >= 11 is 0. The van der Waals surface area contributed by atoms with Crippen molar-refractivity contribution in [3.8, 4) is 5.82 Å². The van der Waals surface area contributed by atoms with E-state index < -0.39 is 0 Å². The molecule has 0 bridgehead atoms. The average Bonchev–Trinajstić information content (AvgIpc) is 3.08. The summed E-state index contributed by atoms with van der Waals surface area (Å²) in [4.78, 5) is 15.9. The van der Waals surface area contributed by atoms with Crippen molar-refractivity contribution >= 4 is 16.8 Å². The van der Waals surface area contributed by atoms with E-state index in [0.29, 0.717) is 18.1 Å². The van der Waals surface area contributed by atoms with E-state index in [-0.39, 0.29) is 0 Å². The van der Waals surface area contributed by atoms with Crippen molar-refractivity contribution in [3.63, 3.8) is 0 Å². The van der Waals surface area contributed by atoms with Gasteiger partial charge in [-0.05, 0) is 6.92 Å². The van der Waals surface area contributed by atoms with Crippen molar-refractivity contribution in [2.45, 2.75) is 6.92 Å². The third-order valence-corrected chi connectivity index (χ3v) is 2.75. The summed E-state index contributed by atoms with van der Waals surface area (Å²) in [6, 6.07) is 1.89. The molecule has 0 aromatic carbocycles. The van der Waals surface area contributed by atoms with Crippen LogP contribution in [0.25, 0.3) is 22.6 Å². The van der Waals surface area contributed by atoms with Gasteiger partial charge in [-0.2, -0.15) is 0 Å². The second-order valence-corrected chi connectivity index (χ2v) is 3.95. The number of aromatic amines is 1. The van der Waals surface area contributed by atoms with Crippen LogP contribution in [0, 0.1) is 0 Å². The van der Waals surface area contributed by atoms with Crippen LogP contribution in [0.3, 0.4) is 0 Å². The minimum Gasteiger partial charge on any atom is -0.492 e. The molecule has 6 nitrogen and oxygen atoms in total. The van der Waals surface area contributed by atoms with Crippen molar-refractivity contribution < 1.29 is 4.74 Å². The van der Waals surface area contributed by atoms with Gasteiger partial charge >= 0.3 is 0 Å². The fourth-order valence-electron chi connectivity index (χ4n) is 1.90. The number of rotatable bonds is 4. The van der Waals surface area contributed by atoms with E-state index in [1.165, 1.54) is 0 Å². The highest BCUT2D eigenvalue weighted by atomic mass is 16.5. The Balaban J connectivity index is 2.18. The fourth-order valence-corrected chi connectivity index (χ4v) is 1.90. The molecule has 0 saturated heterocycles. The smallest absolute Gasteiger partial charge is 0.141 e. The number of pyridine rings is 1. The SMILES string of the molecule is C=C(OCC)c1nc(-n2ccnc2)cc2nc[nH]c12. The van der Waals surface area contributed by atoms with Gasteiger partial charge < -0.3 is 9.72 Å². The van der Waals surface area contributed by atoms with Crippen molar-refractivity contribution in [2.75, 3.05) is 6.61 Å². The number of hydrogen-bond acceptors (Lipinski definition) is 4. The fraction of sp³-hybridized carbons (Fsp3) is 0.154. The maximum Gasteiger partial charge on any atom is 0.141 e. The molecule has 3 aromatic heterocycles. The molecular formula is C13H13N5O. The van der Waals surface area contributed by atoms with Gasteiger partial charge in [-0.1, -0.05) is 6.58 Å². The molecule has 0 aliphatic rings. The van der Waals surface area contributed by atoms with Crippen LogP contribution >= 0.6 is 0 Å². The normalized spacial score (nSPS) is 10.8. The predicted octanol–water partition coefficient (Wildman–Crippen LogP) is 2.15. The third-order valence-electron chi connectivity index (χ3n) is 2.75. The highest BCUT2D eigenvalue weighted by molar-refractivity contribution is 5.85. The number of ether oxygens (including phenoxy) is 1. The number of aromatic nitrogens is 5. The summed E-state index contributed by atoms with van der Waals surface area (Å²) in [5.41, 5.74) is 2.30. The average molecular weight is 255 g/mol. The molecule has 0 radical (unpaired) electrons. The first kappa shape index (κ1) is 11.5. The Morgan fingerprint density at radius 2 is 2.42 bits per heavy atom. The maximum atomic E-state index is 5.45. The Morgan fingerprint density at radius 3 is 3.16 bits per heavy atom. The zero-order chi connectivity index (χ0) is 13.2. The van der Waals surface area contributed by atoms with Crippen LogP contribution in [0.2, 0.25) is 0 Å². The van der Waals surface area contributed by atoms with Crippen molar-refractivity contribution in [3.05, 3.63) is 43.4 Å². The molecule has 0 amide bonds. The predicted molar refractivity (Wildman–Crippen MR) is 71.7 cm³/mol. The summed E-state index contributed by atoms with van der Waals surface area (Å²) in [6.45, 7) is 6.37. The Morgan fingerprint density at radius 1 is 1.53 bits per heavy atom. The zero-order valence-electron chi connectivity index (χ0n) is 10.5. The van der Waals surface area contributed by atoms with Crippen LogP contribution < -0.4 is 0 Å². The Bertz CT molecular complexity index is 714. The Labute approximate surface area is 109 Å². The molecule has 19 heavy (non-hydrogen) atoms. The second-order valence-electron chi connectivity index (χ2n) is 3.95. The van der Waals surface area contributed by atoms with E-state index in [9.17, 15) is 0 Å². The summed E-state index contributed by atoms with van der Waals surface area (Å²) in [5.74, 6) is 1.26. The molecule has 3 aromatic rings. The number of H-pyrrole nitrogens is 1. The number of nitrogens with zero attached hydrogens (tertiary/aromatic N) is 4. The first-order valence-electron chi connectivity index (χ1n) is 5.94. The quantitative estimate of drug-likeness (QED) is 0.725. The molecule has 0 aliphatic heterocycles. The topological polar surface area (TPSA) is 68.6 Å². The molecular weight excluding hydrogens is 242 g/mol. The molecule has 0 saturated carbocycles. The Hall–Kier alpha value is -2.63. The molecule has 0 fully saturated rings. The first-order chi connectivity index (χ1) is 9.29. The van der Waals surface area contributed by atoms with Gasteiger partial charge in [-0.3, -0.25) is 4.57 Å². The van der Waals surface area contributed by atoms with Crippen LogP contribution in [-0.2, 0) is 4.74 Å². The van der Waals surface area contributed by atoms with Gasteiger partial charge in [-0.25, -0.2) is 15.0 Å².